The number of ether oxygens (including phenoxy) is 1. The van der Waals surface area contributed by atoms with E-state index in [2.05, 4.69) is 10.6 Å². The van der Waals surface area contributed by atoms with Crippen molar-refractivity contribution in [2.24, 2.45) is 0 Å². The van der Waals surface area contributed by atoms with E-state index >= 15 is 0 Å². The minimum atomic E-state index is -0.767. The number of hydrogen-bond donors (Lipinski definition) is 2. The highest BCUT2D eigenvalue weighted by Gasteiger charge is 2.19. The lowest BCUT2D eigenvalue weighted by Gasteiger charge is -2.12. The fraction of sp³-hybridized carbons (Fsp3) is 0.353. The molecule has 128 valence electrons. The first kappa shape index (κ1) is 17.5. The van der Waals surface area contributed by atoms with Gasteiger partial charge >= 0.3 is 5.63 Å². The zero-order chi connectivity index (χ0) is 17.7. The van der Waals surface area contributed by atoms with E-state index in [1.54, 1.807) is 18.2 Å². The monoisotopic (exact) mass is 332 g/mol. The maximum absolute atomic E-state index is 12.2. The Morgan fingerprint density at radius 1 is 1.29 bits per heavy atom. The van der Waals surface area contributed by atoms with E-state index in [1.807, 2.05) is 6.92 Å². The van der Waals surface area contributed by atoms with E-state index < -0.39 is 17.6 Å². The Morgan fingerprint density at radius 3 is 2.71 bits per heavy atom. The number of carbonyl (C=O) groups is 2. The largest absolute Gasteiger partial charge is 0.493 e. The Labute approximate surface area is 139 Å². The molecular formula is C17H20N2O5. The van der Waals surface area contributed by atoms with Crippen molar-refractivity contribution in [1.82, 2.24) is 10.6 Å². The SMILES string of the molecule is CCCOc1ccc2cc(C(=O)N[C@@H](C)C(=O)NC)c(=O)oc2c1. The number of amides is 2. The van der Waals surface area contributed by atoms with Gasteiger partial charge < -0.3 is 19.8 Å². The minimum Gasteiger partial charge on any atom is -0.493 e. The second-order valence-corrected chi connectivity index (χ2v) is 5.31. The molecule has 2 rings (SSSR count). The molecule has 0 radical (unpaired) electrons. The Bertz CT molecular complexity index is 812. The van der Waals surface area contributed by atoms with Gasteiger partial charge in [0, 0.05) is 18.5 Å². The summed E-state index contributed by atoms with van der Waals surface area (Å²) in [7, 11) is 1.47. The van der Waals surface area contributed by atoms with Crippen LogP contribution in [-0.4, -0.2) is 31.5 Å². The molecule has 1 aromatic carbocycles. The maximum atomic E-state index is 12.2. The lowest BCUT2D eigenvalue weighted by Crippen LogP contribution is -2.44. The molecule has 0 unspecified atom stereocenters. The number of rotatable bonds is 6. The second-order valence-electron chi connectivity index (χ2n) is 5.31. The maximum Gasteiger partial charge on any atom is 0.349 e. The van der Waals surface area contributed by atoms with Crippen LogP contribution in [0.2, 0.25) is 0 Å². The number of fused-ring (bicyclic) bond motifs is 1. The predicted octanol–water partition coefficient (Wildman–Crippen LogP) is 1.45. The third-order valence-electron chi connectivity index (χ3n) is 3.41. The van der Waals surface area contributed by atoms with Crippen LogP contribution >= 0.6 is 0 Å². The fourth-order valence-corrected chi connectivity index (χ4v) is 2.12. The van der Waals surface area contributed by atoms with Gasteiger partial charge in [0.25, 0.3) is 5.91 Å². The number of likely N-dealkylation sites (N-methyl/N-ethyl adjacent to an activating group) is 1. The lowest BCUT2D eigenvalue weighted by molar-refractivity contribution is -0.122. The van der Waals surface area contributed by atoms with Crippen LogP contribution in [0.5, 0.6) is 5.75 Å². The zero-order valence-corrected chi connectivity index (χ0v) is 13.8. The average Bonchev–Trinajstić information content (AvgIpc) is 2.58. The van der Waals surface area contributed by atoms with Crippen LogP contribution in [0.15, 0.2) is 33.5 Å². The van der Waals surface area contributed by atoms with Crippen molar-refractivity contribution >= 4 is 22.8 Å². The predicted molar refractivity (Wildman–Crippen MR) is 89.3 cm³/mol. The van der Waals surface area contributed by atoms with Crippen LogP contribution in [0.4, 0.5) is 0 Å². The number of benzene rings is 1. The van der Waals surface area contributed by atoms with Crippen molar-refractivity contribution in [3.63, 3.8) is 0 Å². The quantitative estimate of drug-likeness (QED) is 0.780. The van der Waals surface area contributed by atoms with Gasteiger partial charge in [-0.3, -0.25) is 9.59 Å². The lowest BCUT2D eigenvalue weighted by atomic mass is 10.1. The standard InChI is InChI=1S/C17H20N2O5/c1-4-7-23-12-6-5-11-8-13(17(22)24-14(11)9-12)16(21)19-10(2)15(20)18-3/h5-6,8-10H,4,7H2,1-3H3,(H,18,20)(H,19,21)/t10-/m0/s1. The molecule has 2 N–H and O–H groups in total. The Morgan fingerprint density at radius 2 is 2.04 bits per heavy atom. The van der Waals surface area contributed by atoms with Crippen molar-refractivity contribution in [3.05, 3.63) is 40.2 Å². The van der Waals surface area contributed by atoms with E-state index in [0.717, 1.165) is 6.42 Å². The first-order valence-corrected chi connectivity index (χ1v) is 7.69. The molecule has 2 amide bonds. The number of carbonyl (C=O) groups excluding carboxylic acids is 2. The van der Waals surface area contributed by atoms with Gasteiger partial charge in [0.2, 0.25) is 5.91 Å². The third kappa shape index (κ3) is 3.92. The Kier molecular flexibility index (Phi) is 5.57. The topological polar surface area (TPSA) is 97.6 Å². The molecule has 2 aromatic rings. The van der Waals surface area contributed by atoms with Crippen molar-refractivity contribution in [3.8, 4) is 5.75 Å². The molecule has 7 heteroatoms. The molecule has 0 spiro atoms. The number of hydrogen-bond acceptors (Lipinski definition) is 5. The van der Waals surface area contributed by atoms with Crippen LogP contribution in [0.1, 0.15) is 30.6 Å². The van der Waals surface area contributed by atoms with Gasteiger partial charge in [0.15, 0.2) is 0 Å². The summed E-state index contributed by atoms with van der Waals surface area (Å²) in [6.07, 6.45) is 0.866. The van der Waals surface area contributed by atoms with Gasteiger partial charge in [-0.1, -0.05) is 6.92 Å². The Balaban J connectivity index is 2.29. The number of nitrogens with one attached hydrogen (secondary N) is 2. The summed E-state index contributed by atoms with van der Waals surface area (Å²) >= 11 is 0. The van der Waals surface area contributed by atoms with Crippen molar-refractivity contribution in [2.45, 2.75) is 26.3 Å². The molecule has 0 fully saturated rings. The molecule has 0 aliphatic rings. The Hall–Kier alpha value is -2.83. The molecular weight excluding hydrogens is 312 g/mol. The van der Waals surface area contributed by atoms with Crippen LogP contribution in [0.25, 0.3) is 11.0 Å². The summed E-state index contributed by atoms with van der Waals surface area (Å²) in [5.41, 5.74) is -0.582. The average molecular weight is 332 g/mol. The molecule has 0 saturated carbocycles. The van der Waals surface area contributed by atoms with Crippen LogP contribution < -0.4 is 21.0 Å². The second kappa shape index (κ2) is 7.63. The van der Waals surface area contributed by atoms with Crippen LogP contribution in [0.3, 0.4) is 0 Å². The summed E-state index contributed by atoms with van der Waals surface area (Å²) in [6.45, 7) is 4.08. The van der Waals surface area contributed by atoms with E-state index in [0.29, 0.717) is 23.3 Å². The molecule has 0 bridgehead atoms. The molecule has 7 nitrogen and oxygen atoms in total. The summed E-state index contributed by atoms with van der Waals surface area (Å²) < 4.78 is 10.7. The van der Waals surface area contributed by atoms with E-state index in [4.69, 9.17) is 9.15 Å². The van der Waals surface area contributed by atoms with Gasteiger partial charge in [-0.15, -0.1) is 0 Å². The van der Waals surface area contributed by atoms with Gasteiger partial charge in [0.1, 0.15) is 22.9 Å². The first-order valence-electron chi connectivity index (χ1n) is 7.69. The molecule has 1 atom stereocenters. The summed E-state index contributed by atoms with van der Waals surface area (Å²) in [6, 6.07) is 5.75. The molecule has 1 aromatic heterocycles. The van der Waals surface area contributed by atoms with Crippen molar-refractivity contribution in [2.75, 3.05) is 13.7 Å². The normalized spacial score (nSPS) is 11.8. The highest BCUT2D eigenvalue weighted by molar-refractivity contribution is 5.99. The summed E-state index contributed by atoms with van der Waals surface area (Å²) in [4.78, 5) is 35.7. The fourth-order valence-electron chi connectivity index (χ4n) is 2.12. The van der Waals surface area contributed by atoms with Crippen LogP contribution in [-0.2, 0) is 4.79 Å². The van der Waals surface area contributed by atoms with Gasteiger partial charge in [-0.05, 0) is 31.5 Å². The molecule has 0 aliphatic heterocycles. The van der Waals surface area contributed by atoms with Crippen molar-refractivity contribution in [1.29, 1.82) is 0 Å². The zero-order valence-electron chi connectivity index (χ0n) is 13.8. The summed E-state index contributed by atoms with van der Waals surface area (Å²) in [5.74, 6) is -0.419. The van der Waals surface area contributed by atoms with E-state index in [9.17, 15) is 14.4 Å². The summed E-state index contributed by atoms with van der Waals surface area (Å²) in [5, 5.41) is 5.47. The highest BCUT2D eigenvalue weighted by Crippen LogP contribution is 2.20. The molecule has 1 heterocycles. The van der Waals surface area contributed by atoms with Crippen molar-refractivity contribution < 1.29 is 18.7 Å². The van der Waals surface area contributed by atoms with E-state index in [1.165, 1.54) is 20.0 Å². The minimum absolute atomic E-state index is 0.152. The van der Waals surface area contributed by atoms with Gasteiger partial charge in [-0.25, -0.2) is 4.79 Å². The van der Waals surface area contributed by atoms with E-state index in [-0.39, 0.29) is 11.5 Å². The van der Waals surface area contributed by atoms with Gasteiger partial charge in [0.05, 0.1) is 6.61 Å². The molecule has 24 heavy (non-hydrogen) atoms. The smallest absolute Gasteiger partial charge is 0.349 e. The van der Waals surface area contributed by atoms with Crippen LogP contribution in [0, 0.1) is 0 Å². The first-order chi connectivity index (χ1) is 11.5. The van der Waals surface area contributed by atoms with Gasteiger partial charge in [-0.2, -0.15) is 0 Å². The highest BCUT2D eigenvalue weighted by atomic mass is 16.5. The molecule has 0 aliphatic carbocycles. The molecule has 0 saturated heterocycles. The third-order valence-corrected chi connectivity index (χ3v) is 3.41.